The number of benzene rings is 2. The largest absolute Gasteiger partial charge is 0.494 e. The normalized spacial score (nSPS) is 13.9. The van der Waals surface area contributed by atoms with E-state index in [1.54, 1.807) is 12.1 Å². The maximum atomic E-state index is 12.3. The van der Waals surface area contributed by atoms with Crippen molar-refractivity contribution < 1.29 is 5.11 Å². The lowest BCUT2D eigenvalue weighted by Gasteiger charge is -2.11. The molecule has 0 bridgehead atoms. The van der Waals surface area contributed by atoms with Crippen LogP contribution in [0.5, 0.6) is 5.88 Å². The van der Waals surface area contributed by atoms with E-state index in [9.17, 15) is 14.7 Å². The number of aromatic nitrogens is 2. The van der Waals surface area contributed by atoms with Crippen molar-refractivity contribution in [1.29, 1.82) is 0 Å². The summed E-state index contributed by atoms with van der Waals surface area (Å²) >= 11 is 0. The first-order valence-corrected chi connectivity index (χ1v) is 8.46. The summed E-state index contributed by atoms with van der Waals surface area (Å²) in [6.45, 7) is 3.80. The minimum Gasteiger partial charge on any atom is -0.494 e. The van der Waals surface area contributed by atoms with Crippen LogP contribution in [0.2, 0.25) is 0 Å². The van der Waals surface area contributed by atoms with Crippen molar-refractivity contribution in [2.45, 2.75) is 13.8 Å². The SMILES string of the molecule is Cc1cc(C)cc(-n2c(O)c(/C=C3\C=c4ccccc4=N3)c(=O)[nH]c2=O)c1. The molecule has 1 aliphatic heterocycles. The molecule has 0 fully saturated rings. The van der Waals surface area contributed by atoms with Crippen LogP contribution < -0.4 is 21.8 Å². The molecule has 3 aromatic rings. The van der Waals surface area contributed by atoms with E-state index in [1.807, 2.05) is 50.3 Å². The van der Waals surface area contributed by atoms with Crippen molar-refractivity contribution in [1.82, 2.24) is 9.55 Å². The van der Waals surface area contributed by atoms with E-state index in [1.165, 1.54) is 6.08 Å². The number of nitrogens with one attached hydrogen (secondary N) is 1. The van der Waals surface area contributed by atoms with Gasteiger partial charge in [-0.05, 0) is 55.3 Å². The van der Waals surface area contributed by atoms with Crippen LogP contribution in [0.15, 0.2) is 62.7 Å². The first kappa shape index (κ1) is 16.8. The second-order valence-electron chi connectivity index (χ2n) is 6.56. The first-order valence-electron chi connectivity index (χ1n) is 8.46. The Morgan fingerprint density at radius 1 is 1.07 bits per heavy atom. The molecule has 0 spiro atoms. The van der Waals surface area contributed by atoms with Gasteiger partial charge in [-0.1, -0.05) is 24.3 Å². The molecule has 0 atom stereocenters. The monoisotopic (exact) mass is 359 g/mol. The molecular weight excluding hydrogens is 342 g/mol. The zero-order chi connectivity index (χ0) is 19.1. The highest BCUT2D eigenvalue weighted by Gasteiger charge is 2.15. The summed E-state index contributed by atoms with van der Waals surface area (Å²) in [5.41, 5.74) is 1.53. The fourth-order valence-electron chi connectivity index (χ4n) is 3.25. The van der Waals surface area contributed by atoms with Gasteiger partial charge in [-0.15, -0.1) is 0 Å². The highest BCUT2D eigenvalue weighted by molar-refractivity contribution is 5.67. The summed E-state index contributed by atoms with van der Waals surface area (Å²) in [4.78, 5) is 31.4. The third-order valence-electron chi connectivity index (χ3n) is 4.37. The number of para-hydroxylation sites is 1. The molecule has 2 heterocycles. The molecule has 134 valence electrons. The maximum Gasteiger partial charge on any atom is 0.335 e. The molecule has 0 radical (unpaired) electrons. The predicted octanol–water partition coefficient (Wildman–Crippen LogP) is 1.30. The van der Waals surface area contributed by atoms with Gasteiger partial charge in [0.2, 0.25) is 5.88 Å². The topological polar surface area (TPSA) is 87.4 Å². The van der Waals surface area contributed by atoms with E-state index in [0.717, 1.165) is 26.3 Å². The van der Waals surface area contributed by atoms with Crippen LogP contribution in [0.25, 0.3) is 17.8 Å². The van der Waals surface area contributed by atoms with Crippen molar-refractivity contribution in [3.05, 3.63) is 96.3 Å². The van der Waals surface area contributed by atoms with Crippen molar-refractivity contribution in [2.75, 3.05) is 0 Å². The van der Waals surface area contributed by atoms with Gasteiger partial charge in [-0.25, -0.2) is 14.4 Å². The maximum absolute atomic E-state index is 12.3. The van der Waals surface area contributed by atoms with E-state index < -0.39 is 17.1 Å². The van der Waals surface area contributed by atoms with Gasteiger partial charge in [-0.3, -0.25) is 9.78 Å². The second-order valence-corrected chi connectivity index (χ2v) is 6.56. The van der Waals surface area contributed by atoms with Crippen LogP contribution in [0, 0.1) is 13.8 Å². The van der Waals surface area contributed by atoms with E-state index >= 15 is 0 Å². The molecule has 0 saturated heterocycles. The van der Waals surface area contributed by atoms with Gasteiger partial charge < -0.3 is 5.11 Å². The standard InChI is InChI=1S/C21H17N3O3/c1-12-7-13(2)9-16(8-12)24-20(26)17(19(25)23-21(24)27)11-15-10-14-5-3-4-6-18(14)22-15/h3-11,26H,1-2H3,(H,23,25,27)/b15-11+. The Labute approximate surface area is 154 Å². The van der Waals surface area contributed by atoms with Crippen LogP contribution in [0.1, 0.15) is 16.7 Å². The third-order valence-corrected chi connectivity index (χ3v) is 4.37. The molecule has 2 aromatic carbocycles. The molecule has 6 heteroatoms. The Morgan fingerprint density at radius 2 is 1.78 bits per heavy atom. The average molecular weight is 359 g/mol. The molecule has 1 aliphatic rings. The van der Waals surface area contributed by atoms with Crippen LogP contribution in [-0.4, -0.2) is 14.7 Å². The number of H-pyrrole nitrogens is 1. The molecular formula is C21H17N3O3. The lowest BCUT2D eigenvalue weighted by Crippen LogP contribution is -2.30. The number of hydrogen-bond acceptors (Lipinski definition) is 4. The van der Waals surface area contributed by atoms with Gasteiger partial charge in [0.1, 0.15) is 5.56 Å². The van der Waals surface area contributed by atoms with E-state index in [4.69, 9.17) is 0 Å². The first-order chi connectivity index (χ1) is 12.9. The molecule has 1 aromatic heterocycles. The molecule has 0 aliphatic carbocycles. The predicted molar refractivity (Wildman–Crippen MR) is 103 cm³/mol. The zero-order valence-corrected chi connectivity index (χ0v) is 14.9. The number of aromatic hydroxyl groups is 1. The highest BCUT2D eigenvalue weighted by Crippen LogP contribution is 2.21. The molecule has 6 nitrogen and oxygen atoms in total. The van der Waals surface area contributed by atoms with E-state index in [2.05, 4.69) is 9.98 Å². The quantitative estimate of drug-likeness (QED) is 0.723. The molecule has 0 unspecified atom stereocenters. The van der Waals surface area contributed by atoms with Crippen LogP contribution in [-0.2, 0) is 0 Å². The van der Waals surface area contributed by atoms with Crippen LogP contribution >= 0.6 is 0 Å². The number of nitrogens with zero attached hydrogens (tertiary/aromatic N) is 2. The number of aryl methyl sites for hydroxylation is 2. The summed E-state index contributed by atoms with van der Waals surface area (Å²) < 4.78 is 1.09. The Kier molecular flexibility index (Phi) is 3.88. The van der Waals surface area contributed by atoms with Crippen molar-refractivity contribution >= 4 is 12.2 Å². The zero-order valence-electron chi connectivity index (χ0n) is 14.9. The molecule has 2 N–H and O–H groups in total. The van der Waals surface area contributed by atoms with Crippen LogP contribution in [0.3, 0.4) is 0 Å². The minimum absolute atomic E-state index is 0.0171. The number of rotatable bonds is 2. The third kappa shape index (κ3) is 3.01. The van der Waals surface area contributed by atoms with Crippen molar-refractivity contribution in [3.8, 4) is 11.6 Å². The lowest BCUT2D eigenvalue weighted by atomic mass is 10.1. The summed E-state index contributed by atoms with van der Waals surface area (Å²) in [6.07, 6.45) is 3.30. The van der Waals surface area contributed by atoms with Gasteiger partial charge in [0, 0.05) is 5.22 Å². The Bertz CT molecular complexity index is 1290. The molecule has 4 rings (SSSR count). The number of hydrogen-bond donors (Lipinski definition) is 2. The fraction of sp³-hybridized carbons (Fsp3) is 0.0952. The summed E-state index contributed by atoms with van der Waals surface area (Å²) in [6, 6.07) is 13.1. The molecule has 27 heavy (non-hydrogen) atoms. The minimum atomic E-state index is -0.694. The summed E-state index contributed by atoms with van der Waals surface area (Å²) in [7, 11) is 0. The lowest BCUT2D eigenvalue weighted by molar-refractivity contribution is 0.429. The highest BCUT2D eigenvalue weighted by atomic mass is 16.3. The summed E-state index contributed by atoms with van der Waals surface area (Å²) in [5, 5.41) is 12.4. The number of fused-ring (bicyclic) bond motifs is 1. The number of allylic oxidation sites excluding steroid dienone is 1. The Balaban J connectivity index is 1.93. The Hall–Kier alpha value is -3.67. The second kappa shape index (κ2) is 6.25. The smallest absolute Gasteiger partial charge is 0.335 e. The van der Waals surface area contributed by atoms with Crippen molar-refractivity contribution in [2.24, 2.45) is 4.99 Å². The fourth-order valence-corrected chi connectivity index (χ4v) is 3.25. The van der Waals surface area contributed by atoms with Crippen molar-refractivity contribution in [3.63, 3.8) is 0 Å². The van der Waals surface area contributed by atoms with Gasteiger partial charge in [0.05, 0.1) is 16.7 Å². The van der Waals surface area contributed by atoms with Gasteiger partial charge >= 0.3 is 5.69 Å². The molecule has 0 saturated carbocycles. The van der Waals surface area contributed by atoms with Gasteiger partial charge in [-0.2, -0.15) is 0 Å². The molecule has 0 amide bonds. The van der Waals surface area contributed by atoms with E-state index in [0.29, 0.717) is 11.4 Å². The van der Waals surface area contributed by atoms with Gasteiger partial charge in [0.15, 0.2) is 0 Å². The average Bonchev–Trinajstić information content (AvgIpc) is 3.00. The van der Waals surface area contributed by atoms with Crippen LogP contribution in [0.4, 0.5) is 0 Å². The summed E-state index contributed by atoms with van der Waals surface area (Å²) in [5.74, 6) is -0.416. The van der Waals surface area contributed by atoms with E-state index in [-0.39, 0.29) is 5.56 Å². The Morgan fingerprint density at radius 3 is 2.48 bits per heavy atom. The van der Waals surface area contributed by atoms with Gasteiger partial charge in [0.25, 0.3) is 5.56 Å². The number of aromatic amines is 1.